The van der Waals surface area contributed by atoms with E-state index in [-0.39, 0.29) is 0 Å². The first kappa shape index (κ1) is 20.9. The second-order valence-corrected chi connectivity index (χ2v) is 7.72. The van der Waals surface area contributed by atoms with Crippen molar-refractivity contribution in [1.29, 1.82) is 0 Å². The van der Waals surface area contributed by atoms with Gasteiger partial charge in [-0.2, -0.15) is 0 Å². The first-order valence-corrected chi connectivity index (χ1v) is 10.8. The molecule has 0 spiro atoms. The number of rotatable bonds is 8. The van der Waals surface area contributed by atoms with Crippen LogP contribution in [0.2, 0.25) is 0 Å². The van der Waals surface area contributed by atoms with E-state index >= 15 is 0 Å². The summed E-state index contributed by atoms with van der Waals surface area (Å²) in [6.45, 7) is 4.91. The number of benzene rings is 2. The third-order valence-corrected chi connectivity index (χ3v) is 5.68. The van der Waals surface area contributed by atoms with E-state index in [0.29, 0.717) is 29.0 Å². The van der Waals surface area contributed by atoms with Crippen LogP contribution in [0, 0.1) is 6.92 Å². The lowest BCUT2D eigenvalue weighted by atomic mass is 10.1. The Balaban J connectivity index is 1.50. The highest BCUT2D eigenvalue weighted by Crippen LogP contribution is 2.32. The Morgan fingerprint density at radius 2 is 1.77 bits per heavy atom. The van der Waals surface area contributed by atoms with E-state index in [2.05, 4.69) is 50.9 Å². The van der Waals surface area contributed by atoms with Crippen LogP contribution in [0.25, 0.3) is 22.8 Å². The minimum atomic E-state index is 0.425. The topological polar surface area (TPSA) is 88.1 Å². The molecule has 4 aromatic rings. The molecule has 0 aliphatic heterocycles. The van der Waals surface area contributed by atoms with Crippen LogP contribution in [0.15, 0.2) is 52.0 Å². The van der Waals surface area contributed by atoms with Crippen LogP contribution in [-0.2, 0) is 12.3 Å². The van der Waals surface area contributed by atoms with Gasteiger partial charge in [-0.25, -0.2) is 0 Å². The molecule has 0 bridgehead atoms. The average molecular weight is 438 g/mol. The van der Waals surface area contributed by atoms with Crippen molar-refractivity contribution in [1.82, 2.24) is 25.0 Å². The van der Waals surface area contributed by atoms with Gasteiger partial charge >= 0.3 is 0 Å². The number of aryl methyl sites for hydroxylation is 1. The standard InChI is InChI=1S/C22H23N5O3S/c1-5-27-20(15-8-6-7-14(2)11-15)24-26-22(27)31-13-19-23-25-21(30-19)16-9-10-17(28-3)18(12-16)29-4/h6-12H,5,13H2,1-4H3. The maximum absolute atomic E-state index is 5.85. The second-order valence-electron chi connectivity index (χ2n) is 6.78. The molecule has 0 fully saturated rings. The Morgan fingerprint density at radius 1 is 0.935 bits per heavy atom. The Morgan fingerprint density at radius 3 is 2.52 bits per heavy atom. The van der Waals surface area contributed by atoms with E-state index in [1.165, 1.54) is 17.3 Å². The number of thioether (sulfide) groups is 1. The molecule has 31 heavy (non-hydrogen) atoms. The fourth-order valence-electron chi connectivity index (χ4n) is 3.20. The maximum atomic E-state index is 5.85. The summed E-state index contributed by atoms with van der Waals surface area (Å²) in [5, 5.41) is 17.9. The molecule has 0 saturated heterocycles. The van der Waals surface area contributed by atoms with Gasteiger partial charge in [-0.3, -0.25) is 0 Å². The van der Waals surface area contributed by atoms with Crippen molar-refractivity contribution in [3.05, 3.63) is 53.9 Å². The van der Waals surface area contributed by atoms with Gasteiger partial charge in [0.2, 0.25) is 11.8 Å². The smallest absolute Gasteiger partial charge is 0.247 e. The van der Waals surface area contributed by atoms with Gasteiger partial charge in [-0.05, 0) is 38.1 Å². The van der Waals surface area contributed by atoms with Gasteiger partial charge in [0.05, 0.1) is 20.0 Å². The predicted molar refractivity (Wildman–Crippen MR) is 118 cm³/mol. The van der Waals surface area contributed by atoms with Gasteiger partial charge in [-0.15, -0.1) is 20.4 Å². The maximum Gasteiger partial charge on any atom is 0.247 e. The van der Waals surface area contributed by atoms with Crippen LogP contribution in [0.3, 0.4) is 0 Å². The Bertz CT molecular complexity index is 1190. The quantitative estimate of drug-likeness (QED) is 0.369. The van der Waals surface area contributed by atoms with Crippen LogP contribution < -0.4 is 9.47 Å². The zero-order valence-corrected chi connectivity index (χ0v) is 18.6. The van der Waals surface area contributed by atoms with Gasteiger partial charge < -0.3 is 18.5 Å². The van der Waals surface area contributed by atoms with Crippen molar-refractivity contribution in [3.8, 4) is 34.3 Å². The van der Waals surface area contributed by atoms with Crippen LogP contribution in [0.4, 0.5) is 0 Å². The van der Waals surface area contributed by atoms with Gasteiger partial charge in [0, 0.05) is 17.7 Å². The van der Waals surface area contributed by atoms with E-state index in [9.17, 15) is 0 Å². The van der Waals surface area contributed by atoms with Gasteiger partial charge in [-0.1, -0.05) is 35.5 Å². The van der Waals surface area contributed by atoms with Crippen molar-refractivity contribution < 1.29 is 13.9 Å². The Kier molecular flexibility index (Phi) is 6.22. The Hall–Kier alpha value is -3.33. The largest absolute Gasteiger partial charge is 0.493 e. The summed E-state index contributed by atoms with van der Waals surface area (Å²) in [5.41, 5.74) is 3.00. The van der Waals surface area contributed by atoms with Crippen LogP contribution in [-0.4, -0.2) is 39.2 Å². The molecule has 8 nitrogen and oxygen atoms in total. The summed E-state index contributed by atoms with van der Waals surface area (Å²) >= 11 is 1.52. The van der Waals surface area contributed by atoms with Crippen molar-refractivity contribution in [2.45, 2.75) is 31.3 Å². The first-order valence-electron chi connectivity index (χ1n) is 9.80. The summed E-state index contributed by atoms with van der Waals surface area (Å²) in [7, 11) is 3.19. The number of hydrogen-bond acceptors (Lipinski definition) is 8. The van der Waals surface area contributed by atoms with E-state index in [1.807, 2.05) is 30.3 Å². The van der Waals surface area contributed by atoms with E-state index in [4.69, 9.17) is 13.9 Å². The molecule has 2 aromatic carbocycles. The number of nitrogens with zero attached hydrogens (tertiary/aromatic N) is 5. The number of methoxy groups -OCH3 is 2. The highest BCUT2D eigenvalue weighted by molar-refractivity contribution is 7.98. The van der Waals surface area contributed by atoms with Crippen molar-refractivity contribution in [2.24, 2.45) is 0 Å². The molecule has 9 heteroatoms. The summed E-state index contributed by atoms with van der Waals surface area (Å²) in [4.78, 5) is 0. The molecule has 4 rings (SSSR count). The lowest BCUT2D eigenvalue weighted by Crippen LogP contribution is -2.00. The van der Waals surface area contributed by atoms with Crippen LogP contribution in [0.1, 0.15) is 18.4 Å². The predicted octanol–water partition coefficient (Wildman–Crippen LogP) is 4.63. The minimum Gasteiger partial charge on any atom is -0.493 e. The SMILES string of the molecule is CCn1c(SCc2nnc(-c3ccc(OC)c(OC)c3)o2)nnc1-c1cccc(C)c1. The molecule has 0 N–H and O–H groups in total. The molecular weight excluding hydrogens is 414 g/mol. The van der Waals surface area contributed by atoms with Gasteiger partial charge in [0.15, 0.2) is 22.5 Å². The van der Waals surface area contributed by atoms with Gasteiger partial charge in [0.1, 0.15) is 0 Å². The lowest BCUT2D eigenvalue weighted by molar-refractivity contribution is 0.355. The number of aromatic nitrogens is 5. The molecule has 0 atom stereocenters. The van der Waals surface area contributed by atoms with Crippen molar-refractivity contribution in [3.63, 3.8) is 0 Å². The fourth-order valence-corrected chi connectivity index (χ4v) is 4.04. The molecule has 0 unspecified atom stereocenters. The monoisotopic (exact) mass is 437 g/mol. The molecule has 0 amide bonds. The van der Waals surface area contributed by atoms with Gasteiger partial charge in [0.25, 0.3) is 0 Å². The summed E-state index contributed by atoms with van der Waals surface area (Å²) in [5.74, 6) is 3.53. The zero-order valence-electron chi connectivity index (χ0n) is 17.8. The first-order chi connectivity index (χ1) is 15.1. The molecule has 2 aromatic heterocycles. The molecule has 0 aliphatic rings. The number of ether oxygens (including phenoxy) is 2. The zero-order chi connectivity index (χ0) is 21.8. The molecule has 2 heterocycles. The summed E-state index contributed by atoms with van der Waals surface area (Å²) in [6, 6.07) is 13.7. The van der Waals surface area contributed by atoms with E-state index in [1.54, 1.807) is 14.2 Å². The molecule has 0 saturated carbocycles. The Labute approximate surface area is 184 Å². The molecule has 0 aliphatic carbocycles. The minimum absolute atomic E-state index is 0.425. The van der Waals surface area contributed by atoms with Crippen LogP contribution in [0.5, 0.6) is 11.5 Å². The third-order valence-electron chi connectivity index (χ3n) is 4.73. The van der Waals surface area contributed by atoms with E-state index in [0.717, 1.165) is 28.7 Å². The summed E-state index contributed by atoms with van der Waals surface area (Å²) < 4.78 is 18.6. The van der Waals surface area contributed by atoms with Crippen molar-refractivity contribution >= 4 is 11.8 Å². The lowest BCUT2D eigenvalue weighted by Gasteiger charge is -2.07. The van der Waals surface area contributed by atoms with Crippen LogP contribution >= 0.6 is 11.8 Å². The third kappa shape index (κ3) is 4.41. The van der Waals surface area contributed by atoms with E-state index < -0.39 is 0 Å². The molecule has 0 radical (unpaired) electrons. The number of hydrogen-bond donors (Lipinski definition) is 0. The average Bonchev–Trinajstić information content (AvgIpc) is 3.44. The molecular formula is C22H23N5O3S. The van der Waals surface area contributed by atoms with Crippen molar-refractivity contribution in [2.75, 3.05) is 14.2 Å². The molecule has 160 valence electrons. The highest BCUT2D eigenvalue weighted by atomic mass is 32.2. The summed E-state index contributed by atoms with van der Waals surface area (Å²) in [6.07, 6.45) is 0. The normalized spacial score (nSPS) is 11.0. The fraction of sp³-hybridized carbons (Fsp3) is 0.273. The highest BCUT2D eigenvalue weighted by Gasteiger charge is 2.16. The second kappa shape index (κ2) is 9.22.